The van der Waals surface area contributed by atoms with Gasteiger partial charge in [0.2, 0.25) is 5.91 Å². The van der Waals surface area contributed by atoms with Crippen LogP contribution in [0.4, 0.5) is 0 Å². The summed E-state index contributed by atoms with van der Waals surface area (Å²) >= 11 is 1.43. The Morgan fingerprint density at radius 1 is 1.45 bits per heavy atom. The van der Waals surface area contributed by atoms with Gasteiger partial charge in [-0.2, -0.15) is 0 Å². The average Bonchev–Trinajstić information content (AvgIpc) is 2.68. The predicted octanol–water partition coefficient (Wildman–Crippen LogP) is 1.97. The fraction of sp³-hybridized carbons (Fsp3) is 0.625. The fourth-order valence-electron chi connectivity index (χ4n) is 3.14. The van der Waals surface area contributed by atoms with Gasteiger partial charge in [0.1, 0.15) is 0 Å². The minimum Gasteiger partial charge on any atom is -0.447 e. The van der Waals surface area contributed by atoms with Gasteiger partial charge < -0.3 is 14.7 Å². The van der Waals surface area contributed by atoms with Crippen molar-refractivity contribution in [2.24, 2.45) is 0 Å². The van der Waals surface area contributed by atoms with E-state index in [1.54, 1.807) is 11.0 Å². The van der Waals surface area contributed by atoms with Gasteiger partial charge in [-0.15, -0.1) is 0 Å². The number of likely N-dealkylation sites (tertiary alicyclic amines) is 1. The van der Waals surface area contributed by atoms with Gasteiger partial charge in [0.25, 0.3) is 0 Å². The first-order valence-electron chi connectivity index (χ1n) is 7.62. The number of allylic oxidation sites excluding steroid dienone is 1. The first kappa shape index (κ1) is 15.6. The second kappa shape index (κ2) is 5.42. The number of Topliss-reactive ketones (excluding diaryl/α,β-unsaturated/α-hetero) is 1. The highest BCUT2D eigenvalue weighted by molar-refractivity contribution is 8.04. The van der Waals surface area contributed by atoms with Gasteiger partial charge >= 0.3 is 0 Å². The molecule has 3 heterocycles. The van der Waals surface area contributed by atoms with Crippen LogP contribution in [0.15, 0.2) is 22.5 Å². The Hall–Kier alpha value is -1.27. The van der Waals surface area contributed by atoms with Crippen molar-refractivity contribution < 1.29 is 19.4 Å². The third-order valence-corrected chi connectivity index (χ3v) is 5.67. The molecule has 22 heavy (non-hydrogen) atoms. The summed E-state index contributed by atoms with van der Waals surface area (Å²) in [6.45, 7) is 5.98. The molecule has 0 unspecified atom stereocenters. The second-order valence-electron chi connectivity index (χ2n) is 6.53. The molecule has 0 radical (unpaired) electrons. The van der Waals surface area contributed by atoms with Crippen molar-refractivity contribution in [2.45, 2.75) is 56.9 Å². The van der Waals surface area contributed by atoms with E-state index < -0.39 is 10.9 Å². The molecule has 1 N–H and O–H groups in total. The number of nitrogens with zero attached hydrogens (tertiary/aromatic N) is 1. The molecule has 3 aliphatic rings. The second-order valence-corrected chi connectivity index (χ2v) is 8.16. The molecular formula is C16H21NO4S. The van der Waals surface area contributed by atoms with Crippen LogP contribution in [0.3, 0.4) is 0 Å². The summed E-state index contributed by atoms with van der Waals surface area (Å²) in [5, 5.41) is 11.2. The SMILES string of the molecule is CC(=O)C1=C[C@H](N2CCCCC2=O)C2=C(O1)SC(C)(C)[C@@H]2O. The van der Waals surface area contributed by atoms with E-state index in [4.69, 9.17) is 4.74 Å². The number of thioether (sulfide) groups is 1. The zero-order valence-electron chi connectivity index (χ0n) is 13.1. The summed E-state index contributed by atoms with van der Waals surface area (Å²) in [5.41, 5.74) is 0.718. The van der Waals surface area contributed by atoms with E-state index in [1.165, 1.54) is 18.7 Å². The number of piperidine rings is 1. The number of aliphatic hydroxyl groups excluding tert-OH is 1. The van der Waals surface area contributed by atoms with E-state index in [0.29, 0.717) is 18.1 Å². The van der Waals surface area contributed by atoms with Crippen molar-refractivity contribution in [3.05, 3.63) is 22.5 Å². The summed E-state index contributed by atoms with van der Waals surface area (Å²) in [6, 6.07) is -0.375. The van der Waals surface area contributed by atoms with Crippen molar-refractivity contribution in [2.75, 3.05) is 6.54 Å². The lowest BCUT2D eigenvalue weighted by Crippen LogP contribution is -2.47. The number of amides is 1. The Bertz CT molecular complexity index is 593. The zero-order chi connectivity index (χ0) is 16.1. The molecule has 6 heteroatoms. The number of hydrogen-bond acceptors (Lipinski definition) is 5. The van der Waals surface area contributed by atoms with Gasteiger partial charge in [0.05, 0.1) is 12.1 Å². The molecule has 2 atom stereocenters. The van der Waals surface area contributed by atoms with Crippen molar-refractivity contribution in [1.82, 2.24) is 4.90 Å². The van der Waals surface area contributed by atoms with Crippen molar-refractivity contribution >= 4 is 23.5 Å². The van der Waals surface area contributed by atoms with Crippen LogP contribution in [-0.4, -0.2) is 45.1 Å². The number of hydrogen-bond donors (Lipinski definition) is 1. The lowest BCUT2D eigenvalue weighted by atomic mass is 9.90. The molecule has 1 amide bonds. The van der Waals surface area contributed by atoms with Gasteiger partial charge in [-0.3, -0.25) is 9.59 Å². The van der Waals surface area contributed by atoms with E-state index in [1.807, 2.05) is 13.8 Å². The minimum atomic E-state index is -0.697. The first-order chi connectivity index (χ1) is 10.3. The third kappa shape index (κ3) is 2.48. The number of carbonyl (C=O) groups excluding carboxylic acids is 2. The Morgan fingerprint density at radius 3 is 2.82 bits per heavy atom. The highest BCUT2D eigenvalue weighted by atomic mass is 32.2. The number of ether oxygens (including phenoxy) is 1. The molecule has 0 bridgehead atoms. The van der Waals surface area contributed by atoms with E-state index in [2.05, 4.69) is 0 Å². The Morgan fingerprint density at radius 2 is 2.18 bits per heavy atom. The Kier molecular flexibility index (Phi) is 3.85. The summed E-state index contributed by atoms with van der Waals surface area (Å²) in [4.78, 5) is 25.8. The molecule has 0 aromatic rings. The Labute approximate surface area is 134 Å². The lowest BCUT2D eigenvalue weighted by Gasteiger charge is -2.37. The standard InChI is InChI=1S/C16H21NO4S/c1-9(18)11-8-10(17-7-5-4-6-12(17)19)13-14(20)16(2,3)22-15(13)21-11/h8,10,14,20H,4-7H2,1-3H3/t10-,14+/m0/s1. The first-order valence-corrected chi connectivity index (χ1v) is 8.44. The molecular weight excluding hydrogens is 302 g/mol. The topological polar surface area (TPSA) is 66.8 Å². The largest absolute Gasteiger partial charge is 0.447 e. The number of aliphatic hydroxyl groups is 1. The van der Waals surface area contributed by atoms with E-state index in [-0.39, 0.29) is 23.5 Å². The number of ketones is 1. The average molecular weight is 323 g/mol. The molecule has 3 rings (SSSR count). The molecule has 0 spiro atoms. The molecule has 3 aliphatic heterocycles. The monoisotopic (exact) mass is 323 g/mol. The van der Waals surface area contributed by atoms with Crippen molar-refractivity contribution in [3.63, 3.8) is 0 Å². The molecule has 120 valence electrons. The maximum atomic E-state index is 12.3. The van der Waals surface area contributed by atoms with Crippen molar-refractivity contribution in [3.8, 4) is 0 Å². The van der Waals surface area contributed by atoms with Crippen LogP contribution in [0.2, 0.25) is 0 Å². The minimum absolute atomic E-state index is 0.0751. The van der Waals surface area contributed by atoms with Gasteiger partial charge in [0, 0.05) is 30.2 Å². The van der Waals surface area contributed by atoms with Gasteiger partial charge in [-0.1, -0.05) is 11.8 Å². The van der Waals surface area contributed by atoms with E-state index in [0.717, 1.165) is 18.4 Å². The highest BCUT2D eigenvalue weighted by Gasteiger charge is 2.48. The normalized spacial score (nSPS) is 30.8. The zero-order valence-corrected chi connectivity index (χ0v) is 13.9. The van der Waals surface area contributed by atoms with Crippen LogP contribution in [0.5, 0.6) is 0 Å². The van der Waals surface area contributed by atoms with E-state index in [9.17, 15) is 14.7 Å². The molecule has 1 fully saturated rings. The third-order valence-electron chi connectivity index (χ3n) is 4.42. The summed E-state index contributed by atoms with van der Waals surface area (Å²) in [5.74, 6) is 0.173. The lowest BCUT2D eigenvalue weighted by molar-refractivity contribution is -0.134. The van der Waals surface area contributed by atoms with Crippen LogP contribution in [0, 0.1) is 0 Å². The van der Waals surface area contributed by atoms with Crippen LogP contribution < -0.4 is 0 Å². The number of carbonyl (C=O) groups is 2. The summed E-state index contributed by atoms with van der Waals surface area (Å²) < 4.78 is 5.26. The predicted molar refractivity (Wildman–Crippen MR) is 83.9 cm³/mol. The molecule has 0 aromatic heterocycles. The summed E-state index contributed by atoms with van der Waals surface area (Å²) in [7, 11) is 0. The summed E-state index contributed by atoms with van der Waals surface area (Å²) in [6.07, 6.45) is 3.36. The van der Waals surface area contributed by atoms with Crippen LogP contribution >= 0.6 is 11.8 Å². The molecule has 5 nitrogen and oxygen atoms in total. The molecule has 0 aliphatic carbocycles. The maximum Gasteiger partial charge on any atom is 0.223 e. The number of rotatable bonds is 2. The highest BCUT2D eigenvalue weighted by Crippen LogP contribution is 2.51. The van der Waals surface area contributed by atoms with Crippen LogP contribution in [0.1, 0.15) is 40.0 Å². The van der Waals surface area contributed by atoms with Crippen LogP contribution in [-0.2, 0) is 14.3 Å². The van der Waals surface area contributed by atoms with Gasteiger partial charge in [-0.05, 0) is 32.8 Å². The van der Waals surface area contributed by atoms with Crippen LogP contribution in [0.25, 0.3) is 0 Å². The van der Waals surface area contributed by atoms with Crippen molar-refractivity contribution in [1.29, 1.82) is 0 Å². The molecule has 0 saturated carbocycles. The fourth-order valence-corrected chi connectivity index (χ4v) is 4.34. The van der Waals surface area contributed by atoms with E-state index >= 15 is 0 Å². The van der Waals surface area contributed by atoms with Gasteiger partial charge in [-0.25, -0.2) is 0 Å². The van der Waals surface area contributed by atoms with Gasteiger partial charge in [0.15, 0.2) is 16.6 Å². The smallest absolute Gasteiger partial charge is 0.223 e. The quantitative estimate of drug-likeness (QED) is 0.841. The molecule has 1 saturated heterocycles. The maximum absolute atomic E-state index is 12.3. The Balaban J connectivity index is 2.00. The molecule has 0 aromatic carbocycles.